The van der Waals surface area contributed by atoms with Crippen LogP contribution in [0.15, 0.2) is 24.3 Å². The van der Waals surface area contributed by atoms with Gasteiger partial charge in [0.2, 0.25) is 0 Å². The highest BCUT2D eigenvalue weighted by molar-refractivity contribution is 5.27. The Morgan fingerprint density at radius 1 is 0.923 bits per heavy atom. The van der Waals surface area contributed by atoms with E-state index >= 15 is 0 Å². The van der Waals surface area contributed by atoms with Gasteiger partial charge in [-0.1, -0.05) is 24.3 Å². The van der Waals surface area contributed by atoms with Crippen molar-refractivity contribution in [1.82, 2.24) is 0 Å². The number of allylic oxidation sites excluding steroid dienone is 2. The third kappa shape index (κ3) is 0.903. The first-order valence-corrected chi connectivity index (χ1v) is 4.98. The maximum absolute atomic E-state index is 9.76. The summed E-state index contributed by atoms with van der Waals surface area (Å²) in [5.41, 5.74) is 0. The molecule has 3 aliphatic carbocycles. The molecule has 3 aliphatic rings. The molecule has 0 radical (unpaired) electrons. The average molecular weight is 178 g/mol. The molecule has 2 N–H and O–H groups in total. The van der Waals surface area contributed by atoms with Gasteiger partial charge < -0.3 is 10.2 Å². The topological polar surface area (TPSA) is 40.5 Å². The van der Waals surface area contributed by atoms with Crippen LogP contribution in [0.4, 0.5) is 0 Å². The van der Waals surface area contributed by atoms with Gasteiger partial charge in [0, 0.05) is 12.5 Å². The highest BCUT2D eigenvalue weighted by Crippen LogP contribution is 2.59. The van der Waals surface area contributed by atoms with Crippen LogP contribution in [0.25, 0.3) is 0 Å². The molecule has 0 aromatic rings. The highest BCUT2D eigenvalue weighted by Gasteiger charge is 2.56. The van der Waals surface area contributed by atoms with Crippen LogP contribution in [-0.2, 0) is 0 Å². The predicted molar refractivity (Wildman–Crippen MR) is 48.8 cm³/mol. The van der Waals surface area contributed by atoms with Crippen molar-refractivity contribution in [3.8, 4) is 0 Å². The molecule has 1 fully saturated rings. The molecule has 1 saturated carbocycles. The van der Waals surface area contributed by atoms with Crippen LogP contribution >= 0.6 is 0 Å². The molecule has 2 bridgehead atoms. The van der Waals surface area contributed by atoms with E-state index in [9.17, 15) is 10.2 Å². The first-order chi connectivity index (χ1) is 6.33. The van der Waals surface area contributed by atoms with E-state index in [4.69, 9.17) is 0 Å². The van der Waals surface area contributed by atoms with Gasteiger partial charge in [0.15, 0.2) is 0 Å². The minimum Gasteiger partial charge on any atom is -0.396 e. The van der Waals surface area contributed by atoms with Crippen molar-refractivity contribution in [1.29, 1.82) is 0 Å². The van der Waals surface area contributed by atoms with Gasteiger partial charge in [-0.25, -0.2) is 0 Å². The Morgan fingerprint density at radius 3 is 2.23 bits per heavy atom. The lowest BCUT2D eigenvalue weighted by Crippen LogP contribution is -2.30. The molecule has 0 aromatic carbocycles. The third-order valence-corrected chi connectivity index (χ3v) is 3.87. The summed E-state index contributed by atoms with van der Waals surface area (Å²) < 4.78 is 0. The monoisotopic (exact) mass is 178 g/mol. The van der Waals surface area contributed by atoms with E-state index in [0.717, 1.165) is 0 Å². The molecule has 2 nitrogen and oxygen atoms in total. The maximum Gasteiger partial charge on any atom is 0.0787 e. The second-order valence-corrected chi connectivity index (χ2v) is 4.42. The summed E-state index contributed by atoms with van der Waals surface area (Å²) in [6.07, 6.45) is 7.96. The minimum absolute atomic E-state index is 0.148. The third-order valence-electron chi connectivity index (χ3n) is 3.87. The van der Waals surface area contributed by atoms with Crippen molar-refractivity contribution in [3.05, 3.63) is 24.3 Å². The lowest BCUT2D eigenvalue weighted by molar-refractivity contribution is 0.0885. The molecule has 70 valence electrons. The zero-order valence-corrected chi connectivity index (χ0v) is 7.38. The van der Waals surface area contributed by atoms with Crippen LogP contribution in [0.2, 0.25) is 0 Å². The summed E-state index contributed by atoms with van der Waals surface area (Å²) in [6.45, 7) is 0.214. The summed E-state index contributed by atoms with van der Waals surface area (Å²) in [7, 11) is 0. The average Bonchev–Trinajstić information content (AvgIpc) is 2.84. The Morgan fingerprint density at radius 2 is 1.54 bits per heavy atom. The fourth-order valence-electron chi connectivity index (χ4n) is 3.11. The number of hydrogen-bond acceptors (Lipinski definition) is 2. The Labute approximate surface area is 77.6 Å². The van der Waals surface area contributed by atoms with Gasteiger partial charge >= 0.3 is 0 Å². The highest BCUT2D eigenvalue weighted by atomic mass is 16.3. The molecule has 0 saturated heterocycles. The van der Waals surface area contributed by atoms with Crippen molar-refractivity contribution in [2.45, 2.75) is 6.10 Å². The van der Waals surface area contributed by atoms with E-state index in [2.05, 4.69) is 18.2 Å². The number of fused-ring (bicyclic) bond motifs is 2. The largest absolute Gasteiger partial charge is 0.396 e. The van der Waals surface area contributed by atoms with Crippen LogP contribution in [0.5, 0.6) is 0 Å². The summed E-state index contributed by atoms with van der Waals surface area (Å²) in [4.78, 5) is 0. The van der Waals surface area contributed by atoms with E-state index in [-0.39, 0.29) is 24.5 Å². The van der Waals surface area contributed by atoms with Crippen LogP contribution in [0.3, 0.4) is 0 Å². The Kier molecular flexibility index (Phi) is 1.47. The Balaban J connectivity index is 2.00. The first-order valence-electron chi connectivity index (χ1n) is 4.98. The zero-order valence-electron chi connectivity index (χ0n) is 7.38. The molecule has 0 amide bonds. The van der Waals surface area contributed by atoms with Crippen LogP contribution in [0.1, 0.15) is 0 Å². The quantitative estimate of drug-likeness (QED) is 0.576. The van der Waals surface area contributed by atoms with Crippen LogP contribution < -0.4 is 0 Å². The molecule has 0 spiro atoms. The van der Waals surface area contributed by atoms with E-state index in [1.54, 1.807) is 0 Å². The SMILES string of the molecule is OC[C@@H]1C2C3C=CC1[C@H](O)C=CC32. The normalized spacial score (nSPS) is 56.2. The molecule has 0 heterocycles. The van der Waals surface area contributed by atoms with Gasteiger partial charge in [-0.05, 0) is 23.7 Å². The smallest absolute Gasteiger partial charge is 0.0787 e. The van der Waals surface area contributed by atoms with E-state index in [0.29, 0.717) is 17.8 Å². The van der Waals surface area contributed by atoms with Crippen molar-refractivity contribution >= 4 is 0 Å². The standard InChI is InChI=1S/C11H14O2/c12-5-9-6-1-2-7-8(11(7)9)3-4-10(6)13/h1-4,6-13H,5H2/t6?,7?,8?,9-,10+,11?/m0/s1. The van der Waals surface area contributed by atoms with Crippen molar-refractivity contribution in [3.63, 3.8) is 0 Å². The van der Waals surface area contributed by atoms with Crippen molar-refractivity contribution in [2.24, 2.45) is 29.6 Å². The zero-order chi connectivity index (χ0) is 9.00. The summed E-state index contributed by atoms with van der Waals surface area (Å²) in [5.74, 6) is 2.28. The molecule has 0 aromatic heterocycles. The number of rotatable bonds is 1. The van der Waals surface area contributed by atoms with E-state index in [1.165, 1.54) is 0 Å². The maximum atomic E-state index is 9.76. The second-order valence-electron chi connectivity index (χ2n) is 4.42. The minimum atomic E-state index is -0.387. The van der Waals surface area contributed by atoms with E-state index in [1.807, 2.05) is 6.08 Å². The lowest BCUT2D eigenvalue weighted by Gasteiger charge is -2.27. The fourth-order valence-corrected chi connectivity index (χ4v) is 3.11. The van der Waals surface area contributed by atoms with Crippen LogP contribution in [0, 0.1) is 29.6 Å². The van der Waals surface area contributed by atoms with Gasteiger partial charge in [0.25, 0.3) is 0 Å². The Bertz CT molecular complexity index is 278. The molecular formula is C11H14O2. The first kappa shape index (κ1) is 7.77. The predicted octanol–water partition coefficient (Wildman–Crippen LogP) is 0.574. The summed E-state index contributed by atoms with van der Waals surface area (Å²) in [5, 5.41) is 19.0. The molecule has 2 heteroatoms. The van der Waals surface area contributed by atoms with Crippen LogP contribution in [-0.4, -0.2) is 22.9 Å². The van der Waals surface area contributed by atoms with Gasteiger partial charge in [0.05, 0.1) is 6.10 Å². The van der Waals surface area contributed by atoms with Gasteiger partial charge in [-0.15, -0.1) is 0 Å². The molecular weight excluding hydrogens is 164 g/mol. The van der Waals surface area contributed by atoms with Gasteiger partial charge in [0.1, 0.15) is 0 Å². The van der Waals surface area contributed by atoms with Gasteiger partial charge in [-0.3, -0.25) is 0 Å². The number of aliphatic hydroxyl groups is 2. The van der Waals surface area contributed by atoms with Crippen molar-refractivity contribution < 1.29 is 10.2 Å². The second kappa shape index (κ2) is 2.46. The molecule has 3 rings (SSSR count). The van der Waals surface area contributed by atoms with Gasteiger partial charge in [-0.2, -0.15) is 0 Å². The molecule has 13 heavy (non-hydrogen) atoms. The summed E-state index contributed by atoms with van der Waals surface area (Å²) >= 11 is 0. The fraction of sp³-hybridized carbons (Fsp3) is 0.636. The number of hydrogen-bond donors (Lipinski definition) is 2. The number of aliphatic hydroxyl groups excluding tert-OH is 2. The van der Waals surface area contributed by atoms with Crippen molar-refractivity contribution in [2.75, 3.05) is 6.61 Å². The lowest BCUT2D eigenvalue weighted by atomic mass is 9.81. The Hall–Kier alpha value is -0.600. The molecule has 6 atom stereocenters. The molecule has 4 unspecified atom stereocenters. The summed E-state index contributed by atoms with van der Waals surface area (Å²) in [6, 6.07) is 0. The van der Waals surface area contributed by atoms with E-state index < -0.39 is 0 Å². The molecule has 0 aliphatic heterocycles.